The molecule has 0 radical (unpaired) electrons. The molecule has 0 saturated carbocycles. The first kappa shape index (κ1) is 16.0. The SMILES string of the molecule is C#CCNC(=O)C1CCN(CCOCC(C)C)CC1. The molecule has 1 aliphatic rings. The van der Waals surface area contributed by atoms with Crippen LogP contribution in [0.4, 0.5) is 0 Å². The van der Waals surface area contributed by atoms with Gasteiger partial charge in [0.25, 0.3) is 0 Å². The summed E-state index contributed by atoms with van der Waals surface area (Å²) >= 11 is 0. The van der Waals surface area contributed by atoms with Gasteiger partial charge in [0, 0.05) is 19.1 Å². The molecule has 0 bridgehead atoms. The van der Waals surface area contributed by atoms with Crippen LogP contribution in [0, 0.1) is 24.2 Å². The third-order valence-electron chi connectivity index (χ3n) is 3.33. The Morgan fingerprint density at radius 2 is 2.16 bits per heavy atom. The van der Waals surface area contributed by atoms with Gasteiger partial charge >= 0.3 is 0 Å². The highest BCUT2D eigenvalue weighted by molar-refractivity contribution is 5.78. The number of piperidine rings is 1. The molecule has 4 nitrogen and oxygen atoms in total. The molecule has 0 spiro atoms. The molecule has 0 atom stereocenters. The predicted octanol–water partition coefficient (Wildman–Crippen LogP) is 1.12. The molecular weight excluding hydrogens is 240 g/mol. The van der Waals surface area contributed by atoms with Gasteiger partial charge in [-0.05, 0) is 31.8 Å². The Balaban J connectivity index is 2.11. The summed E-state index contributed by atoms with van der Waals surface area (Å²) in [6.07, 6.45) is 6.97. The summed E-state index contributed by atoms with van der Waals surface area (Å²) in [4.78, 5) is 14.1. The summed E-state index contributed by atoms with van der Waals surface area (Å²) in [7, 11) is 0. The van der Waals surface area contributed by atoms with E-state index in [1.807, 2.05) is 0 Å². The van der Waals surface area contributed by atoms with E-state index in [2.05, 4.69) is 30.0 Å². The van der Waals surface area contributed by atoms with Crippen LogP contribution in [0.2, 0.25) is 0 Å². The number of amides is 1. The van der Waals surface area contributed by atoms with Crippen molar-refractivity contribution < 1.29 is 9.53 Å². The minimum absolute atomic E-state index is 0.105. The van der Waals surface area contributed by atoms with Crippen LogP contribution in [-0.4, -0.2) is 50.2 Å². The van der Waals surface area contributed by atoms with E-state index in [1.165, 1.54) is 0 Å². The van der Waals surface area contributed by atoms with Gasteiger partial charge in [0.05, 0.1) is 13.2 Å². The van der Waals surface area contributed by atoms with Crippen molar-refractivity contribution in [1.29, 1.82) is 0 Å². The Kier molecular flexibility index (Phi) is 7.54. The van der Waals surface area contributed by atoms with E-state index in [0.717, 1.165) is 45.7 Å². The lowest BCUT2D eigenvalue weighted by atomic mass is 9.96. The maximum Gasteiger partial charge on any atom is 0.223 e. The number of likely N-dealkylation sites (tertiary alicyclic amines) is 1. The molecule has 1 N–H and O–H groups in total. The van der Waals surface area contributed by atoms with E-state index in [-0.39, 0.29) is 11.8 Å². The third-order valence-corrected chi connectivity index (χ3v) is 3.33. The number of ether oxygens (including phenoxy) is 1. The van der Waals surface area contributed by atoms with Crippen LogP contribution in [0.3, 0.4) is 0 Å². The minimum Gasteiger partial charge on any atom is -0.380 e. The first-order chi connectivity index (χ1) is 9.13. The average Bonchev–Trinajstić information content (AvgIpc) is 2.41. The van der Waals surface area contributed by atoms with Gasteiger partial charge in [-0.15, -0.1) is 6.42 Å². The monoisotopic (exact) mass is 266 g/mol. The highest BCUT2D eigenvalue weighted by Crippen LogP contribution is 2.16. The third kappa shape index (κ3) is 6.60. The van der Waals surface area contributed by atoms with Crippen LogP contribution in [0.15, 0.2) is 0 Å². The first-order valence-corrected chi connectivity index (χ1v) is 7.14. The summed E-state index contributed by atoms with van der Waals surface area (Å²) in [5, 5.41) is 2.76. The van der Waals surface area contributed by atoms with E-state index in [4.69, 9.17) is 11.2 Å². The van der Waals surface area contributed by atoms with E-state index in [9.17, 15) is 4.79 Å². The highest BCUT2D eigenvalue weighted by atomic mass is 16.5. The van der Waals surface area contributed by atoms with Crippen molar-refractivity contribution in [3.8, 4) is 12.3 Å². The normalized spacial score (nSPS) is 17.4. The van der Waals surface area contributed by atoms with Crippen LogP contribution in [0.1, 0.15) is 26.7 Å². The molecule has 0 aromatic heterocycles. The Morgan fingerprint density at radius 3 is 2.74 bits per heavy atom. The molecule has 1 amide bonds. The molecule has 19 heavy (non-hydrogen) atoms. The molecule has 1 rings (SSSR count). The Morgan fingerprint density at radius 1 is 1.47 bits per heavy atom. The van der Waals surface area contributed by atoms with Crippen molar-refractivity contribution in [3.05, 3.63) is 0 Å². The number of carbonyl (C=O) groups excluding carboxylic acids is 1. The summed E-state index contributed by atoms with van der Waals surface area (Å²) in [6, 6.07) is 0. The average molecular weight is 266 g/mol. The van der Waals surface area contributed by atoms with Crippen LogP contribution >= 0.6 is 0 Å². The number of hydrogen-bond donors (Lipinski definition) is 1. The van der Waals surface area contributed by atoms with Crippen molar-refractivity contribution in [1.82, 2.24) is 10.2 Å². The van der Waals surface area contributed by atoms with Crippen molar-refractivity contribution in [2.45, 2.75) is 26.7 Å². The first-order valence-electron chi connectivity index (χ1n) is 7.14. The van der Waals surface area contributed by atoms with Gasteiger partial charge in [0.15, 0.2) is 0 Å². The van der Waals surface area contributed by atoms with Crippen LogP contribution in [0.5, 0.6) is 0 Å². The lowest BCUT2D eigenvalue weighted by molar-refractivity contribution is -0.126. The van der Waals surface area contributed by atoms with Gasteiger partial charge in [-0.3, -0.25) is 4.79 Å². The number of nitrogens with one attached hydrogen (secondary N) is 1. The fraction of sp³-hybridized carbons (Fsp3) is 0.800. The molecule has 0 aliphatic carbocycles. The minimum atomic E-state index is 0.105. The van der Waals surface area contributed by atoms with Gasteiger partial charge in [0.2, 0.25) is 5.91 Å². The Bertz CT molecular complexity index is 302. The lowest BCUT2D eigenvalue weighted by Crippen LogP contribution is -2.41. The standard InChI is InChI=1S/C15H26N2O2/c1-4-7-16-15(18)14-5-8-17(9-6-14)10-11-19-12-13(2)3/h1,13-14H,5-12H2,2-3H3,(H,16,18). The highest BCUT2D eigenvalue weighted by Gasteiger charge is 2.24. The number of hydrogen-bond acceptors (Lipinski definition) is 3. The Hall–Kier alpha value is -1.05. The van der Waals surface area contributed by atoms with E-state index in [0.29, 0.717) is 12.5 Å². The molecule has 108 valence electrons. The van der Waals surface area contributed by atoms with E-state index < -0.39 is 0 Å². The van der Waals surface area contributed by atoms with Crippen molar-refractivity contribution in [2.75, 3.05) is 39.4 Å². The summed E-state index contributed by atoms with van der Waals surface area (Å²) in [6.45, 7) is 9.16. The topological polar surface area (TPSA) is 41.6 Å². The number of nitrogens with zero attached hydrogens (tertiary/aromatic N) is 1. The van der Waals surface area contributed by atoms with Gasteiger partial charge < -0.3 is 15.0 Å². The largest absolute Gasteiger partial charge is 0.380 e. The second kappa shape index (κ2) is 8.95. The van der Waals surface area contributed by atoms with Crippen LogP contribution in [-0.2, 0) is 9.53 Å². The molecule has 0 aromatic rings. The summed E-state index contributed by atoms with van der Waals surface area (Å²) in [5.41, 5.74) is 0. The zero-order valence-corrected chi connectivity index (χ0v) is 12.2. The van der Waals surface area contributed by atoms with Gasteiger partial charge in [-0.25, -0.2) is 0 Å². The number of terminal acetylenes is 1. The quantitative estimate of drug-likeness (QED) is 0.554. The zero-order valence-electron chi connectivity index (χ0n) is 12.2. The molecule has 1 aliphatic heterocycles. The zero-order chi connectivity index (χ0) is 14.1. The van der Waals surface area contributed by atoms with Crippen molar-refractivity contribution in [2.24, 2.45) is 11.8 Å². The van der Waals surface area contributed by atoms with Gasteiger partial charge in [-0.1, -0.05) is 19.8 Å². The molecule has 0 unspecified atom stereocenters. The Labute approximate surface area is 116 Å². The smallest absolute Gasteiger partial charge is 0.223 e. The molecule has 0 aromatic carbocycles. The lowest BCUT2D eigenvalue weighted by Gasteiger charge is -2.31. The maximum absolute atomic E-state index is 11.7. The molecule has 1 fully saturated rings. The van der Waals surface area contributed by atoms with Gasteiger partial charge in [-0.2, -0.15) is 0 Å². The van der Waals surface area contributed by atoms with E-state index in [1.54, 1.807) is 0 Å². The van der Waals surface area contributed by atoms with E-state index >= 15 is 0 Å². The van der Waals surface area contributed by atoms with Crippen molar-refractivity contribution in [3.63, 3.8) is 0 Å². The molecule has 4 heteroatoms. The molecular formula is C15H26N2O2. The second-order valence-corrected chi connectivity index (χ2v) is 5.51. The fourth-order valence-corrected chi connectivity index (χ4v) is 2.21. The molecule has 1 heterocycles. The number of rotatable bonds is 7. The fourth-order valence-electron chi connectivity index (χ4n) is 2.21. The van der Waals surface area contributed by atoms with Gasteiger partial charge in [0.1, 0.15) is 0 Å². The molecule has 1 saturated heterocycles. The maximum atomic E-state index is 11.7. The van der Waals surface area contributed by atoms with Crippen LogP contribution < -0.4 is 5.32 Å². The van der Waals surface area contributed by atoms with Crippen molar-refractivity contribution >= 4 is 5.91 Å². The summed E-state index contributed by atoms with van der Waals surface area (Å²) < 4.78 is 5.58. The van der Waals surface area contributed by atoms with Crippen LogP contribution in [0.25, 0.3) is 0 Å². The predicted molar refractivity (Wildman–Crippen MR) is 76.7 cm³/mol. The summed E-state index contributed by atoms with van der Waals surface area (Å²) in [5.74, 6) is 3.25. The second-order valence-electron chi connectivity index (χ2n) is 5.51. The number of carbonyl (C=O) groups is 1.